The lowest BCUT2D eigenvalue weighted by atomic mass is 9.88. The number of aromatic nitrogens is 2. The molecule has 1 unspecified atom stereocenters. The number of thioether (sulfide) groups is 1. The number of hydrogen-bond donors (Lipinski definition) is 1. The van der Waals surface area contributed by atoms with Crippen LogP contribution >= 0.6 is 34.4 Å². The number of carbonyl (C=O) groups is 1. The normalized spacial score (nSPS) is 13.6. The summed E-state index contributed by atoms with van der Waals surface area (Å²) in [5.41, 5.74) is 2.05. The van der Waals surface area contributed by atoms with Gasteiger partial charge in [-0.2, -0.15) is 0 Å². The number of fused-ring (bicyclic) bond motifs is 1. The van der Waals surface area contributed by atoms with Crippen molar-refractivity contribution in [2.45, 2.75) is 38.9 Å². The molecular formula is C15H19IN2O2S. The molecular weight excluding hydrogens is 399 g/mol. The Hall–Kier alpha value is -0.760. The molecule has 0 saturated carbocycles. The molecule has 0 fully saturated rings. The molecule has 21 heavy (non-hydrogen) atoms. The van der Waals surface area contributed by atoms with Crippen molar-refractivity contribution in [1.82, 2.24) is 9.55 Å². The van der Waals surface area contributed by atoms with Crippen molar-refractivity contribution in [3.63, 3.8) is 0 Å². The van der Waals surface area contributed by atoms with E-state index < -0.39 is 5.97 Å². The first-order valence-electron chi connectivity index (χ1n) is 6.72. The van der Waals surface area contributed by atoms with Crippen LogP contribution in [0.2, 0.25) is 0 Å². The highest BCUT2D eigenvalue weighted by Crippen LogP contribution is 2.37. The zero-order chi connectivity index (χ0) is 15.8. The Morgan fingerprint density at radius 2 is 2.14 bits per heavy atom. The number of nitrogens with zero attached hydrogens (tertiary/aromatic N) is 2. The third-order valence-corrected chi connectivity index (χ3v) is 5.19. The van der Waals surface area contributed by atoms with Crippen LogP contribution in [0.15, 0.2) is 23.4 Å². The van der Waals surface area contributed by atoms with E-state index in [4.69, 9.17) is 5.11 Å². The summed E-state index contributed by atoms with van der Waals surface area (Å²) in [7, 11) is 0. The summed E-state index contributed by atoms with van der Waals surface area (Å²) in [5.74, 6) is -0.798. The van der Waals surface area contributed by atoms with Gasteiger partial charge < -0.3 is 9.67 Å². The zero-order valence-corrected chi connectivity index (χ0v) is 15.5. The van der Waals surface area contributed by atoms with Crippen LogP contribution in [0, 0.1) is 8.99 Å². The van der Waals surface area contributed by atoms with Crippen LogP contribution in [0.4, 0.5) is 0 Å². The molecule has 2 rings (SSSR count). The minimum absolute atomic E-state index is 0.0251. The van der Waals surface area contributed by atoms with Crippen LogP contribution in [0.5, 0.6) is 0 Å². The van der Waals surface area contributed by atoms with Crippen molar-refractivity contribution < 1.29 is 9.90 Å². The number of benzene rings is 1. The van der Waals surface area contributed by atoms with E-state index in [0.717, 1.165) is 19.8 Å². The first-order chi connectivity index (χ1) is 9.70. The summed E-state index contributed by atoms with van der Waals surface area (Å²) in [4.78, 5) is 15.5. The van der Waals surface area contributed by atoms with E-state index in [-0.39, 0.29) is 17.2 Å². The lowest BCUT2D eigenvalue weighted by molar-refractivity contribution is -0.133. The minimum atomic E-state index is -0.823. The number of imidazole rings is 1. The van der Waals surface area contributed by atoms with Gasteiger partial charge in [0.15, 0.2) is 5.16 Å². The fourth-order valence-corrected chi connectivity index (χ4v) is 3.33. The third-order valence-electron chi connectivity index (χ3n) is 3.58. The molecule has 0 bridgehead atoms. The summed E-state index contributed by atoms with van der Waals surface area (Å²) in [6.07, 6.45) is 0. The topological polar surface area (TPSA) is 55.1 Å². The van der Waals surface area contributed by atoms with Gasteiger partial charge in [0, 0.05) is 9.61 Å². The molecule has 6 heteroatoms. The summed E-state index contributed by atoms with van der Waals surface area (Å²) < 4.78 is 3.29. The Bertz CT molecular complexity index is 676. The molecule has 1 N–H and O–H groups in total. The highest BCUT2D eigenvalue weighted by Gasteiger charge is 2.26. The standard InChI is InChI=1S/C15H19IN2O2S/c1-9(15(2,3)4)18-12-6-5-10(16)7-11(12)17-14(18)21-8-13(19)20/h5-7,9H,8H2,1-4H3,(H,19,20). The van der Waals surface area contributed by atoms with Gasteiger partial charge in [0.2, 0.25) is 0 Å². The molecule has 0 radical (unpaired) electrons. The van der Waals surface area contributed by atoms with E-state index >= 15 is 0 Å². The number of hydrogen-bond acceptors (Lipinski definition) is 3. The Balaban J connectivity index is 2.57. The van der Waals surface area contributed by atoms with Crippen molar-refractivity contribution in [3.05, 3.63) is 21.8 Å². The maximum Gasteiger partial charge on any atom is 0.313 e. The Labute approximate surface area is 142 Å². The summed E-state index contributed by atoms with van der Waals surface area (Å²) in [5, 5.41) is 9.70. The quantitative estimate of drug-likeness (QED) is 0.590. The maximum atomic E-state index is 10.9. The van der Waals surface area contributed by atoms with Gasteiger partial charge in [0.05, 0.1) is 16.8 Å². The maximum absolute atomic E-state index is 10.9. The molecule has 0 aliphatic rings. The van der Waals surface area contributed by atoms with E-state index in [9.17, 15) is 4.79 Å². The number of halogens is 1. The third kappa shape index (κ3) is 3.71. The first kappa shape index (κ1) is 16.6. The SMILES string of the molecule is CC(n1c(SCC(=O)O)nc2cc(I)ccc21)C(C)(C)C. The molecule has 1 aromatic heterocycles. The molecule has 114 valence electrons. The van der Waals surface area contributed by atoms with Crippen LogP contribution in [0.1, 0.15) is 33.7 Å². The van der Waals surface area contributed by atoms with Gasteiger partial charge in [0.25, 0.3) is 0 Å². The molecule has 1 aromatic carbocycles. The Morgan fingerprint density at radius 1 is 1.48 bits per heavy atom. The first-order valence-corrected chi connectivity index (χ1v) is 8.78. The van der Waals surface area contributed by atoms with Gasteiger partial charge in [-0.25, -0.2) is 4.98 Å². The molecule has 2 aromatic rings. The highest BCUT2D eigenvalue weighted by atomic mass is 127. The Morgan fingerprint density at radius 3 is 2.71 bits per heavy atom. The summed E-state index contributed by atoms with van der Waals surface area (Å²) in [6.45, 7) is 8.70. The average Bonchev–Trinajstić information content (AvgIpc) is 2.71. The molecule has 1 atom stereocenters. The van der Waals surface area contributed by atoms with Crippen molar-refractivity contribution in [2.24, 2.45) is 5.41 Å². The second-order valence-electron chi connectivity index (χ2n) is 6.12. The van der Waals surface area contributed by atoms with Crippen molar-refractivity contribution in [3.8, 4) is 0 Å². The molecule has 4 nitrogen and oxygen atoms in total. The summed E-state index contributed by atoms with van der Waals surface area (Å²) >= 11 is 3.55. The fraction of sp³-hybridized carbons (Fsp3) is 0.467. The Kier molecular flexibility index (Phi) is 4.87. The van der Waals surface area contributed by atoms with Crippen LogP contribution < -0.4 is 0 Å². The summed E-state index contributed by atoms with van der Waals surface area (Å²) in [6, 6.07) is 6.38. The predicted molar refractivity (Wildman–Crippen MR) is 95.0 cm³/mol. The molecule has 0 saturated heterocycles. The lowest BCUT2D eigenvalue weighted by Crippen LogP contribution is -2.22. The van der Waals surface area contributed by atoms with Gasteiger partial charge in [-0.05, 0) is 53.1 Å². The fourth-order valence-electron chi connectivity index (χ4n) is 2.04. The van der Waals surface area contributed by atoms with Gasteiger partial charge in [-0.3, -0.25) is 4.79 Å². The predicted octanol–water partition coefficient (Wildman–Crippen LogP) is 4.42. The van der Waals surface area contributed by atoms with Crippen molar-refractivity contribution in [1.29, 1.82) is 0 Å². The van der Waals surface area contributed by atoms with Gasteiger partial charge in [0.1, 0.15) is 0 Å². The van der Waals surface area contributed by atoms with Crippen molar-refractivity contribution >= 4 is 51.4 Å². The van der Waals surface area contributed by atoms with Crippen LogP contribution in [-0.2, 0) is 4.79 Å². The zero-order valence-electron chi connectivity index (χ0n) is 12.6. The van der Waals surface area contributed by atoms with E-state index in [1.54, 1.807) is 0 Å². The minimum Gasteiger partial charge on any atom is -0.481 e. The monoisotopic (exact) mass is 418 g/mol. The molecule has 0 aliphatic carbocycles. The van der Waals surface area contributed by atoms with E-state index in [1.165, 1.54) is 11.8 Å². The number of carboxylic acids is 1. The smallest absolute Gasteiger partial charge is 0.313 e. The number of aliphatic carboxylic acids is 1. The van der Waals surface area contributed by atoms with Gasteiger partial charge in [-0.1, -0.05) is 32.5 Å². The second-order valence-corrected chi connectivity index (χ2v) is 8.31. The number of rotatable bonds is 4. The van der Waals surface area contributed by atoms with Crippen LogP contribution in [0.3, 0.4) is 0 Å². The highest BCUT2D eigenvalue weighted by molar-refractivity contribution is 14.1. The van der Waals surface area contributed by atoms with E-state index in [1.807, 2.05) is 6.07 Å². The molecule has 0 spiro atoms. The second kappa shape index (κ2) is 6.16. The van der Waals surface area contributed by atoms with E-state index in [0.29, 0.717) is 0 Å². The lowest BCUT2D eigenvalue weighted by Gasteiger charge is -2.30. The largest absolute Gasteiger partial charge is 0.481 e. The van der Waals surface area contributed by atoms with Crippen LogP contribution in [0.25, 0.3) is 11.0 Å². The average molecular weight is 418 g/mol. The molecule has 0 amide bonds. The van der Waals surface area contributed by atoms with Gasteiger partial charge in [-0.15, -0.1) is 0 Å². The number of carboxylic acid groups (broad SMARTS) is 1. The van der Waals surface area contributed by atoms with Crippen molar-refractivity contribution in [2.75, 3.05) is 5.75 Å². The molecule has 1 heterocycles. The molecule has 0 aliphatic heterocycles. The van der Waals surface area contributed by atoms with Gasteiger partial charge >= 0.3 is 5.97 Å². The van der Waals surface area contributed by atoms with E-state index in [2.05, 4.69) is 72.0 Å². The van der Waals surface area contributed by atoms with Crippen LogP contribution in [-0.4, -0.2) is 26.4 Å².